The Morgan fingerprint density at radius 3 is 3.04 bits per heavy atom. The van der Waals surface area contributed by atoms with Crippen LogP contribution in [0.4, 0.5) is 0 Å². The zero-order valence-electron chi connectivity index (χ0n) is 13.5. The number of hydrogen-bond donors (Lipinski definition) is 1. The maximum atomic E-state index is 12.5. The first-order chi connectivity index (χ1) is 12.2. The fourth-order valence-electron chi connectivity index (χ4n) is 2.99. The highest BCUT2D eigenvalue weighted by Crippen LogP contribution is 2.24. The number of benzene rings is 1. The monoisotopic (exact) mass is 355 g/mol. The fraction of sp³-hybridized carbons (Fsp3) is 0.278. The molecule has 6 nitrogen and oxygen atoms in total. The number of fused-ring (bicyclic) bond motifs is 1. The average Bonchev–Trinajstić information content (AvgIpc) is 3.30. The van der Waals surface area contributed by atoms with Gasteiger partial charge in [0.15, 0.2) is 0 Å². The largest absolute Gasteiger partial charge is 0.508 e. The summed E-state index contributed by atoms with van der Waals surface area (Å²) < 4.78 is 5.62. The number of thiophene rings is 1. The van der Waals surface area contributed by atoms with Crippen molar-refractivity contribution in [2.45, 2.75) is 25.8 Å². The molecule has 3 aromatic rings. The molecule has 2 aromatic heterocycles. The van der Waals surface area contributed by atoms with E-state index in [-0.39, 0.29) is 11.7 Å². The van der Waals surface area contributed by atoms with Crippen molar-refractivity contribution in [3.05, 3.63) is 52.0 Å². The molecule has 0 atom stereocenters. The Labute approximate surface area is 148 Å². The van der Waals surface area contributed by atoms with Crippen molar-refractivity contribution >= 4 is 17.2 Å². The summed E-state index contributed by atoms with van der Waals surface area (Å²) in [5.74, 6) is 1.26. The molecule has 7 heteroatoms. The zero-order valence-corrected chi connectivity index (χ0v) is 14.3. The molecular formula is C18H17N3O3S. The number of nitrogens with zero attached hydrogens (tertiary/aromatic N) is 3. The number of aryl methyl sites for hydroxylation is 1. The van der Waals surface area contributed by atoms with Gasteiger partial charge in [-0.2, -0.15) is 11.3 Å². The highest BCUT2D eigenvalue weighted by atomic mass is 32.1. The topological polar surface area (TPSA) is 79.5 Å². The molecule has 1 N–H and O–H groups in total. The summed E-state index contributed by atoms with van der Waals surface area (Å²) in [5.41, 5.74) is 3.11. The lowest BCUT2D eigenvalue weighted by Gasteiger charge is -2.29. The quantitative estimate of drug-likeness (QED) is 0.778. The predicted molar refractivity (Wildman–Crippen MR) is 93.2 cm³/mol. The van der Waals surface area contributed by atoms with Crippen molar-refractivity contribution in [1.82, 2.24) is 15.1 Å². The van der Waals surface area contributed by atoms with Gasteiger partial charge in [0.25, 0.3) is 0 Å². The van der Waals surface area contributed by atoms with Crippen LogP contribution in [0.25, 0.3) is 11.5 Å². The van der Waals surface area contributed by atoms with Gasteiger partial charge in [0.1, 0.15) is 5.75 Å². The van der Waals surface area contributed by atoms with Gasteiger partial charge >= 0.3 is 0 Å². The smallest absolute Gasteiger partial charge is 0.248 e. The minimum Gasteiger partial charge on any atom is -0.508 e. The maximum Gasteiger partial charge on any atom is 0.248 e. The van der Waals surface area contributed by atoms with Gasteiger partial charge in [-0.25, -0.2) is 0 Å². The van der Waals surface area contributed by atoms with Crippen molar-refractivity contribution in [3.63, 3.8) is 0 Å². The zero-order chi connectivity index (χ0) is 17.2. The summed E-state index contributed by atoms with van der Waals surface area (Å²) in [6.45, 7) is 1.23. The van der Waals surface area contributed by atoms with Gasteiger partial charge in [0.2, 0.25) is 17.7 Å². The molecule has 0 fully saturated rings. The number of carbonyl (C=O) groups is 1. The van der Waals surface area contributed by atoms with Gasteiger partial charge in [-0.3, -0.25) is 4.79 Å². The Bertz CT molecular complexity index is 889. The van der Waals surface area contributed by atoms with Gasteiger partial charge in [-0.05, 0) is 41.1 Å². The minimum atomic E-state index is 0.0595. The van der Waals surface area contributed by atoms with Crippen molar-refractivity contribution in [2.75, 3.05) is 6.54 Å². The van der Waals surface area contributed by atoms with E-state index in [0.29, 0.717) is 37.7 Å². The van der Waals surface area contributed by atoms with Gasteiger partial charge in [0.05, 0.1) is 0 Å². The van der Waals surface area contributed by atoms with E-state index in [1.807, 2.05) is 27.8 Å². The lowest BCUT2D eigenvalue weighted by atomic mass is 9.99. The maximum absolute atomic E-state index is 12.5. The average molecular weight is 355 g/mol. The minimum absolute atomic E-state index is 0.0595. The molecule has 1 aliphatic rings. The Morgan fingerprint density at radius 2 is 2.20 bits per heavy atom. The second-order valence-corrected chi connectivity index (χ2v) is 6.81. The lowest BCUT2D eigenvalue weighted by molar-refractivity contribution is -0.132. The number of carbonyl (C=O) groups excluding carboxylic acids is 1. The third-order valence-corrected chi connectivity index (χ3v) is 5.03. The molecule has 1 aliphatic heterocycles. The van der Waals surface area contributed by atoms with Crippen LogP contribution in [0.2, 0.25) is 0 Å². The summed E-state index contributed by atoms with van der Waals surface area (Å²) >= 11 is 1.57. The van der Waals surface area contributed by atoms with Crippen LogP contribution in [0.15, 0.2) is 39.4 Å². The molecule has 0 bridgehead atoms. The van der Waals surface area contributed by atoms with E-state index < -0.39 is 0 Å². The third-order valence-electron chi connectivity index (χ3n) is 4.34. The van der Waals surface area contributed by atoms with Crippen molar-refractivity contribution < 1.29 is 14.3 Å². The molecule has 0 saturated carbocycles. The molecule has 1 aromatic carbocycles. The van der Waals surface area contributed by atoms with E-state index in [0.717, 1.165) is 17.5 Å². The second-order valence-electron chi connectivity index (χ2n) is 6.03. The molecule has 0 unspecified atom stereocenters. The third kappa shape index (κ3) is 3.41. The highest BCUT2D eigenvalue weighted by molar-refractivity contribution is 7.08. The van der Waals surface area contributed by atoms with Crippen LogP contribution >= 0.6 is 11.3 Å². The summed E-state index contributed by atoms with van der Waals surface area (Å²) in [4.78, 5) is 14.3. The molecule has 0 saturated heterocycles. The molecule has 128 valence electrons. The number of amides is 1. The Morgan fingerprint density at radius 1 is 1.28 bits per heavy atom. The van der Waals surface area contributed by atoms with Crippen LogP contribution in [0.5, 0.6) is 5.75 Å². The van der Waals surface area contributed by atoms with Gasteiger partial charge in [0, 0.05) is 36.9 Å². The van der Waals surface area contributed by atoms with Crippen LogP contribution < -0.4 is 0 Å². The van der Waals surface area contributed by atoms with Crippen molar-refractivity contribution in [1.29, 1.82) is 0 Å². The summed E-state index contributed by atoms with van der Waals surface area (Å²) in [5, 5.41) is 21.6. The van der Waals surface area contributed by atoms with E-state index in [4.69, 9.17) is 4.42 Å². The molecule has 0 aliphatic carbocycles. The van der Waals surface area contributed by atoms with Crippen LogP contribution in [-0.4, -0.2) is 32.7 Å². The van der Waals surface area contributed by atoms with E-state index in [9.17, 15) is 9.90 Å². The first kappa shape index (κ1) is 15.8. The second kappa shape index (κ2) is 6.68. The van der Waals surface area contributed by atoms with Gasteiger partial charge in [-0.1, -0.05) is 6.07 Å². The number of phenolic OH excluding ortho intramolecular Hbond substituents is 1. The first-order valence-corrected chi connectivity index (χ1v) is 9.07. The van der Waals surface area contributed by atoms with E-state index in [1.165, 1.54) is 5.56 Å². The summed E-state index contributed by atoms with van der Waals surface area (Å²) in [6.07, 6.45) is 1.57. The molecule has 4 rings (SSSR count). The lowest BCUT2D eigenvalue weighted by Crippen LogP contribution is -2.36. The van der Waals surface area contributed by atoms with Crippen LogP contribution in [0.1, 0.15) is 23.4 Å². The highest BCUT2D eigenvalue weighted by Gasteiger charge is 2.21. The number of phenols is 1. The van der Waals surface area contributed by atoms with Crippen molar-refractivity contribution in [2.24, 2.45) is 0 Å². The Balaban J connectivity index is 1.37. The normalized spacial score (nSPS) is 13.7. The SMILES string of the molecule is O=C(CCc1nnc(-c2ccsc2)o1)N1CCc2ccc(O)cc2C1. The molecule has 0 spiro atoms. The summed E-state index contributed by atoms with van der Waals surface area (Å²) in [7, 11) is 0. The van der Waals surface area contributed by atoms with E-state index >= 15 is 0 Å². The number of aromatic hydroxyl groups is 1. The standard InChI is InChI=1S/C18H17N3O3S/c22-15-2-1-12-5-7-21(10-14(12)9-15)17(23)4-3-16-19-20-18(24-16)13-6-8-25-11-13/h1-2,6,8-9,11,22H,3-5,7,10H2. The first-order valence-electron chi connectivity index (χ1n) is 8.12. The predicted octanol–water partition coefficient (Wildman–Crippen LogP) is 3.02. The van der Waals surface area contributed by atoms with E-state index in [2.05, 4.69) is 10.2 Å². The molecule has 25 heavy (non-hydrogen) atoms. The van der Waals surface area contributed by atoms with Crippen molar-refractivity contribution in [3.8, 4) is 17.2 Å². The van der Waals surface area contributed by atoms with Crippen LogP contribution in [-0.2, 0) is 24.2 Å². The number of hydrogen-bond acceptors (Lipinski definition) is 6. The number of rotatable bonds is 4. The Kier molecular flexibility index (Phi) is 4.23. The molecule has 1 amide bonds. The van der Waals surface area contributed by atoms with Crippen LogP contribution in [0, 0.1) is 0 Å². The van der Waals surface area contributed by atoms with Gasteiger partial charge < -0.3 is 14.4 Å². The molecule has 3 heterocycles. The summed E-state index contributed by atoms with van der Waals surface area (Å²) in [6, 6.07) is 7.28. The number of aromatic nitrogens is 2. The van der Waals surface area contributed by atoms with Crippen LogP contribution in [0.3, 0.4) is 0 Å². The molecule has 0 radical (unpaired) electrons. The molecular weight excluding hydrogens is 338 g/mol. The van der Waals surface area contributed by atoms with E-state index in [1.54, 1.807) is 23.5 Å². The Hall–Kier alpha value is -2.67. The van der Waals surface area contributed by atoms with Gasteiger partial charge in [-0.15, -0.1) is 10.2 Å². The fourth-order valence-corrected chi connectivity index (χ4v) is 3.62.